The predicted octanol–water partition coefficient (Wildman–Crippen LogP) is 2.57. The van der Waals surface area contributed by atoms with Gasteiger partial charge in [-0.15, -0.1) is 0 Å². The van der Waals surface area contributed by atoms with Crippen molar-refractivity contribution in [1.29, 1.82) is 0 Å². The third-order valence-corrected chi connectivity index (χ3v) is 2.73. The Hall–Kier alpha value is -1.55. The van der Waals surface area contributed by atoms with Crippen molar-refractivity contribution < 1.29 is 9.63 Å². The molecule has 1 aliphatic heterocycles. The first kappa shape index (κ1) is 11.9. The Balaban J connectivity index is 2.03. The Labute approximate surface area is 102 Å². The summed E-state index contributed by atoms with van der Waals surface area (Å²) in [6.07, 6.45) is 2.57. The van der Waals surface area contributed by atoms with Crippen molar-refractivity contribution in [2.45, 2.75) is 26.2 Å². The number of nitrogens with zero attached hydrogens (tertiary/aromatic N) is 1. The lowest BCUT2D eigenvalue weighted by Crippen LogP contribution is -2.23. The summed E-state index contributed by atoms with van der Waals surface area (Å²) in [7, 11) is 0. The van der Waals surface area contributed by atoms with Crippen LogP contribution in [0.4, 0.5) is 11.4 Å². The van der Waals surface area contributed by atoms with Crippen molar-refractivity contribution in [2.75, 3.05) is 23.5 Å². The molecule has 1 fully saturated rings. The molecule has 4 nitrogen and oxygen atoms in total. The standard InChI is InChI=1S/C13H18N2O2/c1-2-9-17-14-11-5-3-6-12(10-11)15-8-4-7-13(15)16/h3,5-6,10,14H,2,4,7-9H2,1H3. The molecule has 1 N–H and O–H groups in total. The van der Waals surface area contributed by atoms with E-state index in [1.54, 1.807) is 0 Å². The van der Waals surface area contributed by atoms with Crippen molar-refractivity contribution >= 4 is 17.3 Å². The number of rotatable bonds is 5. The zero-order valence-corrected chi connectivity index (χ0v) is 10.1. The molecule has 0 aromatic heterocycles. The summed E-state index contributed by atoms with van der Waals surface area (Å²) in [6.45, 7) is 3.55. The van der Waals surface area contributed by atoms with E-state index in [4.69, 9.17) is 4.84 Å². The Morgan fingerprint density at radius 3 is 3.06 bits per heavy atom. The van der Waals surface area contributed by atoms with Gasteiger partial charge in [0.25, 0.3) is 0 Å². The monoisotopic (exact) mass is 234 g/mol. The molecule has 1 saturated heterocycles. The highest BCUT2D eigenvalue weighted by Crippen LogP contribution is 2.24. The number of carbonyl (C=O) groups is 1. The number of anilines is 2. The lowest BCUT2D eigenvalue weighted by molar-refractivity contribution is -0.117. The zero-order chi connectivity index (χ0) is 12.1. The lowest BCUT2D eigenvalue weighted by Gasteiger charge is -2.16. The van der Waals surface area contributed by atoms with E-state index in [0.717, 1.165) is 30.8 Å². The number of benzene rings is 1. The van der Waals surface area contributed by atoms with Crippen molar-refractivity contribution in [1.82, 2.24) is 0 Å². The fraction of sp³-hybridized carbons (Fsp3) is 0.462. The summed E-state index contributed by atoms with van der Waals surface area (Å²) >= 11 is 0. The quantitative estimate of drug-likeness (QED) is 0.629. The smallest absolute Gasteiger partial charge is 0.227 e. The second kappa shape index (κ2) is 5.68. The molecular formula is C13H18N2O2. The summed E-state index contributed by atoms with van der Waals surface area (Å²) < 4.78 is 0. The minimum atomic E-state index is 0.205. The second-order valence-electron chi connectivity index (χ2n) is 4.15. The van der Waals surface area contributed by atoms with E-state index < -0.39 is 0 Å². The summed E-state index contributed by atoms with van der Waals surface area (Å²) in [5.74, 6) is 0.205. The van der Waals surface area contributed by atoms with Gasteiger partial charge in [-0.2, -0.15) is 0 Å². The van der Waals surface area contributed by atoms with Crippen LogP contribution in [-0.4, -0.2) is 19.1 Å². The van der Waals surface area contributed by atoms with Crippen LogP contribution >= 0.6 is 0 Å². The summed E-state index contributed by atoms with van der Waals surface area (Å²) in [4.78, 5) is 18.7. The van der Waals surface area contributed by atoms with Crippen LogP contribution in [0, 0.1) is 0 Å². The summed E-state index contributed by atoms with van der Waals surface area (Å²) in [6, 6.07) is 7.76. The van der Waals surface area contributed by atoms with E-state index >= 15 is 0 Å². The molecule has 4 heteroatoms. The van der Waals surface area contributed by atoms with Gasteiger partial charge in [0, 0.05) is 18.7 Å². The van der Waals surface area contributed by atoms with Gasteiger partial charge in [0.2, 0.25) is 5.91 Å². The molecule has 1 aromatic carbocycles. The maximum absolute atomic E-state index is 11.6. The highest BCUT2D eigenvalue weighted by atomic mass is 16.6. The Morgan fingerprint density at radius 1 is 1.47 bits per heavy atom. The maximum Gasteiger partial charge on any atom is 0.227 e. The number of nitrogens with one attached hydrogen (secondary N) is 1. The normalized spacial score (nSPS) is 15.4. The van der Waals surface area contributed by atoms with E-state index in [2.05, 4.69) is 12.4 Å². The number of amides is 1. The SMILES string of the molecule is CCCONc1cccc(N2CCCC2=O)c1. The fourth-order valence-corrected chi connectivity index (χ4v) is 1.89. The average Bonchev–Trinajstić information content (AvgIpc) is 2.76. The van der Waals surface area contributed by atoms with E-state index in [9.17, 15) is 4.79 Å². The Bertz CT molecular complexity index is 393. The predicted molar refractivity (Wildman–Crippen MR) is 67.9 cm³/mol. The van der Waals surface area contributed by atoms with Crippen LogP contribution in [0.5, 0.6) is 0 Å². The van der Waals surface area contributed by atoms with Gasteiger partial charge in [-0.25, -0.2) is 0 Å². The van der Waals surface area contributed by atoms with Gasteiger partial charge < -0.3 is 4.90 Å². The molecular weight excluding hydrogens is 216 g/mol. The lowest BCUT2D eigenvalue weighted by atomic mass is 10.2. The van der Waals surface area contributed by atoms with E-state index in [0.29, 0.717) is 13.0 Å². The van der Waals surface area contributed by atoms with E-state index in [1.807, 2.05) is 29.2 Å². The van der Waals surface area contributed by atoms with Crippen LogP contribution in [0.3, 0.4) is 0 Å². The molecule has 2 rings (SSSR count). The molecule has 17 heavy (non-hydrogen) atoms. The molecule has 92 valence electrons. The minimum Gasteiger partial charge on any atom is -0.312 e. The van der Waals surface area contributed by atoms with Gasteiger partial charge in [0.1, 0.15) is 0 Å². The van der Waals surface area contributed by atoms with Crippen molar-refractivity contribution in [3.8, 4) is 0 Å². The number of carbonyl (C=O) groups excluding carboxylic acids is 1. The van der Waals surface area contributed by atoms with Crippen molar-refractivity contribution in [3.05, 3.63) is 24.3 Å². The minimum absolute atomic E-state index is 0.205. The zero-order valence-electron chi connectivity index (χ0n) is 10.1. The first-order valence-electron chi connectivity index (χ1n) is 6.09. The molecule has 0 unspecified atom stereocenters. The molecule has 0 atom stereocenters. The molecule has 0 radical (unpaired) electrons. The Morgan fingerprint density at radius 2 is 2.35 bits per heavy atom. The fourth-order valence-electron chi connectivity index (χ4n) is 1.89. The maximum atomic E-state index is 11.6. The van der Waals surface area contributed by atoms with Crippen molar-refractivity contribution in [2.24, 2.45) is 0 Å². The highest BCUT2D eigenvalue weighted by Gasteiger charge is 2.21. The van der Waals surface area contributed by atoms with E-state index in [-0.39, 0.29) is 5.91 Å². The largest absolute Gasteiger partial charge is 0.312 e. The third-order valence-electron chi connectivity index (χ3n) is 2.73. The van der Waals surface area contributed by atoms with Crippen LogP contribution in [0.25, 0.3) is 0 Å². The summed E-state index contributed by atoms with van der Waals surface area (Å²) in [5, 5.41) is 0. The first-order valence-corrected chi connectivity index (χ1v) is 6.09. The van der Waals surface area contributed by atoms with Gasteiger partial charge in [-0.3, -0.25) is 15.1 Å². The van der Waals surface area contributed by atoms with Crippen LogP contribution in [-0.2, 0) is 9.63 Å². The van der Waals surface area contributed by atoms with Crippen LogP contribution in [0.1, 0.15) is 26.2 Å². The van der Waals surface area contributed by atoms with Gasteiger partial charge in [0.05, 0.1) is 12.3 Å². The number of hydrogen-bond acceptors (Lipinski definition) is 3. The molecule has 1 aromatic rings. The van der Waals surface area contributed by atoms with Gasteiger partial charge in [-0.1, -0.05) is 13.0 Å². The van der Waals surface area contributed by atoms with E-state index in [1.165, 1.54) is 0 Å². The highest BCUT2D eigenvalue weighted by molar-refractivity contribution is 5.95. The third kappa shape index (κ3) is 2.97. The molecule has 1 amide bonds. The number of hydrogen-bond donors (Lipinski definition) is 1. The van der Waals surface area contributed by atoms with Crippen molar-refractivity contribution in [3.63, 3.8) is 0 Å². The van der Waals surface area contributed by atoms with Gasteiger partial charge in [0.15, 0.2) is 0 Å². The van der Waals surface area contributed by atoms with Crippen LogP contribution < -0.4 is 10.4 Å². The molecule has 0 spiro atoms. The first-order chi connectivity index (χ1) is 8.31. The average molecular weight is 234 g/mol. The van der Waals surface area contributed by atoms with Gasteiger partial charge >= 0.3 is 0 Å². The molecule has 1 aliphatic rings. The molecule has 0 aliphatic carbocycles. The Kier molecular flexibility index (Phi) is 3.98. The van der Waals surface area contributed by atoms with Gasteiger partial charge in [-0.05, 0) is 31.0 Å². The molecule has 0 bridgehead atoms. The second-order valence-corrected chi connectivity index (χ2v) is 4.15. The molecule has 0 saturated carbocycles. The van der Waals surface area contributed by atoms with Crippen LogP contribution in [0.15, 0.2) is 24.3 Å². The topological polar surface area (TPSA) is 41.6 Å². The molecule has 1 heterocycles. The van der Waals surface area contributed by atoms with Crippen LogP contribution in [0.2, 0.25) is 0 Å². The summed E-state index contributed by atoms with van der Waals surface area (Å²) in [5.41, 5.74) is 4.71.